The molecule has 0 aliphatic heterocycles. The van der Waals surface area contributed by atoms with Crippen LogP contribution in [-0.2, 0) is 11.3 Å². The van der Waals surface area contributed by atoms with Gasteiger partial charge in [0.2, 0.25) is 5.91 Å². The fourth-order valence-electron chi connectivity index (χ4n) is 2.43. The molecule has 110 valence electrons. The minimum atomic E-state index is -0.472. The van der Waals surface area contributed by atoms with Gasteiger partial charge in [-0.3, -0.25) is 9.48 Å². The minimum Gasteiger partial charge on any atom is -0.368 e. The van der Waals surface area contributed by atoms with Crippen molar-refractivity contribution in [1.82, 2.24) is 15.1 Å². The number of nitrogens with zero attached hydrogens (tertiary/aromatic N) is 2. The maximum atomic E-state index is 11.8. The molecule has 1 aliphatic rings. The van der Waals surface area contributed by atoms with Crippen molar-refractivity contribution < 1.29 is 9.59 Å². The maximum absolute atomic E-state index is 11.8. The Morgan fingerprint density at radius 1 is 1.40 bits per heavy atom. The molecule has 20 heavy (non-hydrogen) atoms. The quantitative estimate of drug-likeness (QED) is 0.768. The van der Waals surface area contributed by atoms with E-state index in [1.54, 1.807) is 6.20 Å². The Kier molecular flexibility index (Phi) is 4.60. The molecule has 0 radical (unpaired) electrons. The number of rotatable bonds is 4. The van der Waals surface area contributed by atoms with Gasteiger partial charge in [0.1, 0.15) is 6.54 Å². The number of urea groups is 1. The third-order valence-electron chi connectivity index (χ3n) is 3.56. The summed E-state index contributed by atoms with van der Waals surface area (Å²) in [7, 11) is 0. The van der Waals surface area contributed by atoms with Crippen molar-refractivity contribution in [1.29, 1.82) is 0 Å². The average Bonchev–Trinajstić information content (AvgIpc) is 2.78. The van der Waals surface area contributed by atoms with Gasteiger partial charge in [-0.15, -0.1) is 0 Å². The van der Waals surface area contributed by atoms with Crippen LogP contribution >= 0.6 is 0 Å². The van der Waals surface area contributed by atoms with E-state index in [0.29, 0.717) is 5.69 Å². The summed E-state index contributed by atoms with van der Waals surface area (Å²) in [6.07, 6.45) is 7.42. The zero-order chi connectivity index (χ0) is 14.5. The highest BCUT2D eigenvalue weighted by atomic mass is 16.2. The first kappa shape index (κ1) is 14.4. The number of aromatic nitrogens is 2. The zero-order valence-corrected chi connectivity index (χ0v) is 11.6. The van der Waals surface area contributed by atoms with Gasteiger partial charge in [-0.2, -0.15) is 5.10 Å². The molecule has 2 rings (SSSR count). The topological polar surface area (TPSA) is 102 Å². The second-order valence-electron chi connectivity index (χ2n) is 5.45. The van der Waals surface area contributed by atoms with E-state index in [1.165, 1.54) is 10.9 Å². The van der Waals surface area contributed by atoms with Crippen LogP contribution < -0.4 is 16.4 Å². The van der Waals surface area contributed by atoms with E-state index in [2.05, 4.69) is 22.7 Å². The Hall–Kier alpha value is -2.05. The van der Waals surface area contributed by atoms with Gasteiger partial charge < -0.3 is 16.4 Å². The van der Waals surface area contributed by atoms with Gasteiger partial charge in [0.25, 0.3) is 0 Å². The smallest absolute Gasteiger partial charge is 0.319 e. The number of primary amides is 1. The van der Waals surface area contributed by atoms with Crippen molar-refractivity contribution in [2.75, 3.05) is 5.32 Å². The lowest BCUT2D eigenvalue weighted by Gasteiger charge is -2.26. The summed E-state index contributed by atoms with van der Waals surface area (Å²) in [4.78, 5) is 22.6. The standard InChI is InChI=1S/C13H21N5O2/c1-9-2-4-10(5-3-9)16-13(20)17-11-6-15-18(7-11)8-12(14)19/h6-7,9-10H,2-5,8H2,1H3,(H2,14,19)(H2,16,17,20). The van der Waals surface area contributed by atoms with Crippen LogP contribution in [0.4, 0.5) is 10.5 Å². The summed E-state index contributed by atoms with van der Waals surface area (Å²) in [6, 6.07) is 0.00930. The summed E-state index contributed by atoms with van der Waals surface area (Å²) < 4.78 is 1.39. The molecule has 7 heteroatoms. The molecule has 0 spiro atoms. The van der Waals surface area contributed by atoms with E-state index in [-0.39, 0.29) is 18.6 Å². The number of anilines is 1. The number of hydrogen-bond donors (Lipinski definition) is 3. The van der Waals surface area contributed by atoms with Gasteiger partial charge in [-0.05, 0) is 31.6 Å². The molecule has 4 N–H and O–H groups in total. The van der Waals surface area contributed by atoms with Crippen molar-refractivity contribution in [3.8, 4) is 0 Å². The normalized spacial score (nSPS) is 22.2. The SMILES string of the molecule is CC1CCC(NC(=O)Nc2cnn(CC(N)=O)c2)CC1. The van der Waals surface area contributed by atoms with Crippen LogP contribution in [0.3, 0.4) is 0 Å². The maximum Gasteiger partial charge on any atom is 0.319 e. The third kappa shape index (κ3) is 4.25. The van der Waals surface area contributed by atoms with Crippen molar-refractivity contribution in [3.63, 3.8) is 0 Å². The highest BCUT2D eigenvalue weighted by Gasteiger charge is 2.19. The second kappa shape index (κ2) is 6.40. The number of carbonyl (C=O) groups is 2. The third-order valence-corrected chi connectivity index (χ3v) is 3.56. The molecule has 0 unspecified atom stereocenters. The molecule has 1 aliphatic carbocycles. The van der Waals surface area contributed by atoms with E-state index < -0.39 is 5.91 Å². The lowest BCUT2D eigenvalue weighted by Crippen LogP contribution is -2.39. The summed E-state index contributed by atoms with van der Waals surface area (Å²) in [5.41, 5.74) is 5.62. The van der Waals surface area contributed by atoms with Gasteiger partial charge in [0.15, 0.2) is 0 Å². The average molecular weight is 279 g/mol. The predicted octanol–water partition coefficient (Wildman–Crippen LogP) is 1.07. The summed E-state index contributed by atoms with van der Waals surface area (Å²) in [5.74, 6) is 0.281. The van der Waals surface area contributed by atoms with Crippen molar-refractivity contribution in [2.45, 2.75) is 45.2 Å². The van der Waals surface area contributed by atoms with E-state index in [4.69, 9.17) is 5.73 Å². The summed E-state index contributed by atoms with van der Waals surface area (Å²) in [5, 5.41) is 9.61. The zero-order valence-electron chi connectivity index (χ0n) is 11.6. The highest BCUT2D eigenvalue weighted by molar-refractivity contribution is 5.89. The van der Waals surface area contributed by atoms with Gasteiger partial charge in [-0.1, -0.05) is 6.92 Å². The van der Waals surface area contributed by atoms with Gasteiger partial charge in [-0.25, -0.2) is 4.79 Å². The largest absolute Gasteiger partial charge is 0.368 e. The van der Waals surface area contributed by atoms with Gasteiger partial charge in [0, 0.05) is 12.2 Å². The molecule has 0 atom stereocenters. The van der Waals surface area contributed by atoms with E-state index in [9.17, 15) is 9.59 Å². The Bertz CT molecular complexity index is 477. The number of nitrogens with one attached hydrogen (secondary N) is 2. The van der Waals surface area contributed by atoms with Crippen molar-refractivity contribution in [3.05, 3.63) is 12.4 Å². The van der Waals surface area contributed by atoms with E-state index >= 15 is 0 Å². The molecule has 1 aromatic rings. The molecule has 3 amide bonds. The molecule has 1 fully saturated rings. The molecule has 0 saturated heterocycles. The van der Waals surface area contributed by atoms with Crippen LogP contribution in [0.2, 0.25) is 0 Å². The second-order valence-corrected chi connectivity index (χ2v) is 5.45. The molecule has 1 saturated carbocycles. The van der Waals surface area contributed by atoms with Crippen molar-refractivity contribution >= 4 is 17.6 Å². The number of hydrogen-bond acceptors (Lipinski definition) is 3. The number of amides is 3. The van der Waals surface area contributed by atoms with Crippen LogP contribution in [0.5, 0.6) is 0 Å². The molecule has 1 aromatic heterocycles. The first-order chi connectivity index (χ1) is 9.52. The van der Waals surface area contributed by atoms with E-state index in [1.807, 2.05) is 0 Å². The van der Waals surface area contributed by atoms with E-state index in [0.717, 1.165) is 31.6 Å². The van der Waals surface area contributed by atoms with Gasteiger partial charge >= 0.3 is 6.03 Å². The molecule has 0 aromatic carbocycles. The monoisotopic (exact) mass is 279 g/mol. The fraction of sp³-hybridized carbons (Fsp3) is 0.615. The lowest BCUT2D eigenvalue weighted by atomic mass is 9.87. The highest BCUT2D eigenvalue weighted by Crippen LogP contribution is 2.23. The van der Waals surface area contributed by atoms with Crippen molar-refractivity contribution in [2.24, 2.45) is 11.7 Å². The molecular formula is C13H21N5O2. The molecule has 0 bridgehead atoms. The Morgan fingerprint density at radius 2 is 2.10 bits per heavy atom. The molecule has 7 nitrogen and oxygen atoms in total. The first-order valence-electron chi connectivity index (χ1n) is 6.91. The number of carbonyl (C=O) groups excluding carboxylic acids is 2. The van der Waals surface area contributed by atoms with Crippen LogP contribution in [0, 0.1) is 5.92 Å². The summed E-state index contributed by atoms with van der Waals surface area (Å²) in [6.45, 7) is 2.24. The minimum absolute atomic E-state index is 0.00378. The number of nitrogens with two attached hydrogens (primary N) is 1. The predicted molar refractivity (Wildman–Crippen MR) is 75.0 cm³/mol. The van der Waals surface area contributed by atoms with Crippen LogP contribution in [0.15, 0.2) is 12.4 Å². The van der Waals surface area contributed by atoms with Crippen LogP contribution in [0.1, 0.15) is 32.6 Å². The molecule has 1 heterocycles. The summed E-state index contributed by atoms with van der Waals surface area (Å²) >= 11 is 0. The van der Waals surface area contributed by atoms with Crippen LogP contribution in [0.25, 0.3) is 0 Å². The Labute approximate surface area is 117 Å². The molecular weight excluding hydrogens is 258 g/mol. The Balaban J connectivity index is 1.79. The van der Waals surface area contributed by atoms with Gasteiger partial charge in [0.05, 0.1) is 11.9 Å². The van der Waals surface area contributed by atoms with Crippen LogP contribution in [-0.4, -0.2) is 27.8 Å². The Morgan fingerprint density at radius 3 is 2.75 bits per heavy atom. The first-order valence-corrected chi connectivity index (χ1v) is 6.91. The lowest BCUT2D eigenvalue weighted by molar-refractivity contribution is -0.118. The fourth-order valence-corrected chi connectivity index (χ4v) is 2.43.